The van der Waals surface area contributed by atoms with Crippen LogP contribution < -0.4 is 5.84 Å². The SMILES string of the molecule is CC1(c2cc(-n3cccn3)cc3cc(C4=NC(CO)CS4)n(N)c23)CCCC1. The van der Waals surface area contributed by atoms with Crippen LogP contribution in [0.2, 0.25) is 0 Å². The summed E-state index contributed by atoms with van der Waals surface area (Å²) in [6.07, 6.45) is 8.64. The standard InChI is InChI=1S/C21H25N5OS/c1-21(5-2-3-6-21)17-11-16(25-8-4-7-23-25)9-14-10-18(26(22)19(14)17)20-24-15(12-27)13-28-20/h4,7-11,15,27H,2-3,5-6,12-13,22H2,1H3. The fourth-order valence-electron chi connectivity index (χ4n) is 4.61. The van der Waals surface area contributed by atoms with Crippen LogP contribution in [0.4, 0.5) is 0 Å². The Bertz CT molecular complexity index is 1050. The Balaban J connectivity index is 1.73. The van der Waals surface area contributed by atoms with Gasteiger partial charge in [0, 0.05) is 23.5 Å². The maximum atomic E-state index is 9.44. The van der Waals surface area contributed by atoms with E-state index < -0.39 is 0 Å². The van der Waals surface area contributed by atoms with Crippen LogP contribution in [0.25, 0.3) is 16.6 Å². The number of rotatable bonds is 4. The van der Waals surface area contributed by atoms with E-state index in [0.29, 0.717) is 0 Å². The summed E-state index contributed by atoms with van der Waals surface area (Å²) in [6.45, 7) is 2.44. The number of hydrogen-bond acceptors (Lipinski definition) is 5. The second-order valence-corrected chi connectivity index (χ2v) is 9.14. The summed E-state index contributed by atoms with van der Waals surface area (Å²) in [7, 11) is 0. The molecule has 7 heteroatoms. The molecule has 1 fully saturated rings. The number of aromatic nitrogens is 3. The minimum Gasteiger partial charge on any atom is -0.394 e. The van der Waals surface area contributed by atoms with Crippen LogP contribution in [0, 0.1) is 0 Å². The topological polar surface area (TPSA) is 81.4 Å². The highest BCUT2D eigenvalue weighted by molar-refractivity contribution is 8.14. The molecule has 1 atom stereocenters. The van der Waals surface area contributed by atoms with E-state index in [1.165, 1.54) is 31.2 Å². The van der Waals surface area contributed by atoms with Crippen molar-refractivity contribution < 1.29 is 5.11 Å². The fourth-order valence-corrected chi connectivity index (χ4v) is 5.67. The molecule has 1 unspecified atom stereocenters. The highest BCUT2D eigenvalue weighted by atomic mass is 32.2. The number of nitrogens with two attached hydrogens (primary N) is 1. The molecule has 1 aliphatic heterocycles. The normalized spacial score (nSPS) is 21.5. The molecule has 6 nitrogen and oxygen atoms in total. The third kappa shape index (κ3) is 2.76. The van der Waals surface area contributed by atoms with E-state index in [2.05, 4.69) is 35.2 Å². The largest absolute Gasteiger partial charge is 0.394 e. The molecule has 0 bridgehead atoms. The van der Waals surface area contributed by atoms with Gasteiger partial charge in [0.15, 0.2) is 0 Å². The molecule has 3 N–H and O–H groups in total. The average Bonchev–Trinajstić information content (AvgIpc) is 3.48. The zero-order valence-corrected chi connectivity index (χ0v) is 16.8. The van der Waals surface area contributed by atoms with E-state index in [-0.39, 0.29) is 18.1 Å². The molecule has 0 amide bonds. The van der Waals surface area contributed by atoms with Gasteiger partial charge in [-0.1, -0.05) is 19.8 Å². The molecule has 1 aliphatic carbocycles. The third-order valence-electron chi connectivity index (χ3n) is 6.19. The van der Waals surface area contributed by atoms with Crippen molar-refractivity contribution in [2.75, 3.05) is 18.2 Å². The zero-order chi connectivity index (χ0) is 19.3. The molecule has 1 saturated carbocycles. The molecular weight excluding hydrogens is 370 g/mol. The van der Waals surface area contributed by atoms with Crippen molar-refractivity contribution in [3.05, 3.63) is 47.9 Å². The van der Waals surface area contributed by atoms with Crippen LogP contribution in [0.3, 0.4) is 0 Å². The van der Waals surface area contributed by atoms with Gasteiger partial charge in [0.1, 0.15) is 5.04 Å². The van der Waals surface area contributed by atoms with Crippen LogP contribution in [0.5, 0.6) is 0 Å². The molecule has 2 aromatic heterocycles. The van der Waals surface area contributed by atoms with Gasteiger partial charge in [0.25, 0.3) is 0 Å². The highest BCUT2D eigenvalue weighted by Gasteiger charge is 2.34. The van der Waals surface area contributed by atoms with E-state index in [9.17, 15) is 5.11 Å². The quantitative estimate of drug-likeness (QED) is 0.665. The number of aliphatic imine (C=N–C) groups is 1. The summed E-state index contributed by atoms with van der Waals surface area (Å²) in [6, 6.07) is 8.45. The average molecular weight is 396 g/mol. The maximum absolute atomic E-state index is 9.44. The number of aliphatic hydroxyl groups excluding tert-OH is 1. The summed E-state index contributed by atoms with van der Waals surface area (Å²) in [4.78, 5) is 4.66. The molecule has 28 heavy (non-hydrogen) atoms. The van der Waals surface area contributed by atoms with E-state index in [4.69, 9.17) is 5.84 Å². The van der Waals surface area contributed by atoms with Crippen LogP contribution in [0.15, 0.2) is 41.7 Å². The van der Waals surface area contributed by atoms with Gasteiger partial charge in [-0.3, -0.25) is 9.67 Å². The van der Waals surface area contributed by atoms with Crippen LogP contribution in [-0.4, -0.2) is 43.0 Å². The number of aliphatic hydroxyl groups is 1. The number of hydrogen-bond donors (Lipinski definition) is 2. The van der Waals surface area contributed by atoms with Crippen molar-refractivity contribution in [1.82, 2.24) is 14.5 Å². The highest BCUT2D eigenvalue weighted by Crippen LogP contribution is 2.44. The Morgan fingerprint density at radius 3 is 2.79 bits per heavy atom. The molecule has 1 aromatic carbocycles. The van der Waals surface area contributed by atoms with Crippen LogP contribution >= 0.6 is 11.8 Å². The van der Waals surface area contributed by atoms with E-state index in [1.54, 1.807) is 18.0 Å². The van der Waals surface area contributed by atoms with Crippen molar-refractivity contribution in [2.24, 2.45) is 4.99 Å². The molecule has 2 aliphatic rings. The number of fused-ring (bicyclic) bond motifs is 1. The first kappa shape index (κ1) is 17.8. The molecule has 3 heterocycles. The molecule has 3 aromatic rings. The van der Waals surface area contributed by atoms with Crippen molar-refractivity contribution >= 4 is 27.7 Å². The smallest absolute Gasteiger partial charge is 0.117 e. The lowest BCUT2D eigenvalue weighted by Crippen LogP contribution is -2.22. The Morgan fingerprint density at radius 2 is 2.11 bits per heavy atom. The van der Waals surface area contributed by atoms with Gasteiger partial charge < -0.3 is 10.9 Å². The van der Waals surface area contributed by atoms with Crippen molar-refractivity contribution in [1.29, 1.82) is 0 Å². The Hall–Kier alpha value is -2.25. The van der Waals surface area contributed by atoms with E-state index in [0.717, 1.165) is 33.1 Å². The van der Waals surface area contributed by atoms with Gasteiger partial charge in [-0.25, -0.2) is 4.68 Å². The van der Waals surface area contributed by atoms with Crippen molar-refractivity contribution in [2.45, 2.75) is 44.1 Å². The molecule has 0 radical (unpaired) electrons. The van der Waals surface area contributed by atoms with Gasteiger partial charge >= 0.3 is 0 Å². The summed E-state index contributed by atoms with van der Waals surface area (Å²) >= 11 is 1.67. The van der Waals surface area contributed by atoms with E-state index in [1.807, 2.05) is 21.6 Å². The number of nitrogens with zero attached hydrogens (tertiary/aromatic N) is 4. The lowest BCUT2D eigenvalue weighted by Gasteiger charge is -2.26. The molecule has 0 saturated heterocycles. The lowest BCUT2D eigenvalue weighted by atomic mass is 9.80. The first-order valence-corrected chi connectivity index (χ1v) is 10.8. The zero-order valence-electron chi connectivity index (χ0n) is 16.0. The monoisotopic (exact) mass is 395 g/mol. The minimum atomic E-state index is -0.0375. The first-order valence-electron chi connectivity index (χ1n) is 9.86. The Kier molecular flexibility index (Phi) is 4.25. The Morgan fingerprint density at radius 1 is 1.29 bits per heavy atom. The van der Waals surface area contributed by atoms with Crippen molar-refractivity contribution in [3.8, 4) is 5.69 Å². The van der Waals surface area contributed by atoms with Gasteiger partial charge in [-0.05, 0) is 48.1 Å². The number of nitrogen functional groups attached to an aromatic ring is 1. The molecule has 0 spiro atoms. The minimum absolute atomic E-state index is 0.0375. The summed E-state index contributed by atoms with van der Waals surface area (Å²) < 4.78 is 3.73. The fraction of sp³-hybridized carbons (Fsp3) is 0.429. The molecule has 146 valence electrons. The van der Waals surface area contributed by atoms with Gasteiger partial charge in [0.2, 0.25) is 0 Å². The van der Waals surface area contributed by atoms with Gasteiger partial charge in [-0.2, -0.15) is 5.10 Å². The molecule has 5 rings (SSSR count). The second-order valence-electron chi connectivity index (χ2n) is 8.13. The number of benzene rings is 1. The summed E-state index contributed by atoms with van der Waals surface area (Å²) in [5.74, 6) is 7.44. The summed E-state index contributed by atoms with van der Waals surface area (Å²) in [5.41, 5.74) is 4.49. The molecular formula is C21H25N5OS. The van der Waals surface area contributed by atoms with Crippen molar-refractivity contribution in [3.63, 3.8) is 0 Å². The van der Waals surface area contributed by atoms with E-state index >= 15 is 0 Å². The first-order chi connectivity index (χ1) is 13.6. The van der Waals surface area contributed by atoms with Crippen LogP contribution in [0.1, 0.15) is 43.9 Å². The third-order valence-corrected chi connectivity index (χ3v) is 7.32. The van der Waals surface area contributed by atoms with Crippen LogP contribution in [-0.2, 0) is 5.41 Å². The van der Waals surface area contributed by atoms with Gasteiger partial charge in [-0.15, -0.1) is 11.8 Å². The number of thioether (sulfide) groups is 1. The van der Waals surface area contributed by atoms with Gasteiger partial charge in [0.05, 0.1) is 29.5 Å². The predicted octanol–water partition coefficient (Wildman–Crippen LogP) is 3.23. The second kappa shape index (κ2) is 6.67. The maximum Gasteiger partial charge on any atom is 0.117 e. The predicted molar refractivity (Wildman–Crippen MR) is 115 cm³/mol. The lowest BCUT2D eigenvalue weighted by molar-refractivity contribution is 0.277. The summed E-state index contributed by atoms with van der Waals surface area (Å²) in [5, 5.41) is 15.9. The Labute approximate surface area is 168 Å².